The van der Waals surface area contributed by atoms with E-state index in [0.29, 0.717) is 5.75 Å². The first-order valence-corrected chi connectivity index (χ1v) is 5.10. The Labute approximate surface area is 95.1 Å². The van der Waals surface area contributed by atoms with Gasteiger partial charge >= 0.3 is 0 Å². The van der Waals surface area contributed by atoms with E-state index in [2.05, 4.69) is 6.07 Å². The molecule has 0 heterocycles. The molecule has 0 saturated carbocycles. The van der Waals surface area contributed by atoms with Gasteiger partial charge in [0, 0.05) is 6.42 Å². The number of rotatable bonds is 3. The smallest absolute Gasteiger partial charge is 0.123 e. The molecule has 0 amide bonds. The summed E-state index contributed by atoms with van der Waals surface area (Å²) in [6.45, 7) is 0. The molecule has 0 spiro atoms. The summed E-state index contributed by atoms with van der Waals surface area (Å²) in [7, 11) is 1.65. The van der Waals surface area contributed by atoms with Crippen molar-refractivity contribution < 1.29 is 9.84 Å². The van der Waals surface area contributed by atoms with Crippen molar-refractivity contribution in [1.29, 1.82) is 0 Å². The summed E-state index contributed by atoms with van der Waals surface area (Å²) < 4.78 is 5.25. The van der Waals surface area contributed by atoms with Crippen LogP contribution in [0.25, 0.3) is 0 Å². The van der Waals surface area contributed by atoms with Crippen molar-refractivity contribution in [2.45, 2.75) is 6.42 Å². The Hall–Kier alpha value is -1.96. The third-order valence-electron chi connectivity index (χ3n) is 2.44. The quantitative estimate of drug-likeness (QED) is 0.849. The molecule has 1 N–H and O–H groups in total. The zero-order valence-corrected chi connectivity index (χ0v) is 9.10. The predicted molar refractivity (Wildman–Crippen MR) is 62.7 cm³/mol. The van der Waals surface area contributed by atoms with Crippen molar-refractivity contribution in [1.82, 2.24) is 0 Å². The average Bonchev–Trinajstić information content (AvgIpc) is 2.30. The molecule has 16 heavy (non-hydrogen) atoms. The number of ether oxygens (including phenoxy) is 1. The molecule has 1 radical (unpaired) electrons. The molecule has 0 aliphatic rings. The van der Waals surface area contributed by atoms with Gasteiger partial charge in [0.25, 0.3) is 0 Å². The predicted octanol–water partition coefficient (Wildman–Crippen LogP) is 2.79. The zero-order valence-electron chi connectivity index (χ0n) is 9.10. The minimum atomic E-state index is 0.291. The molecule has 2 aromatic carbocycles. The van der Waals surface area contributed by atoms with Gasteiger partial charge in [0.2, 0.25) is 0 Å². The summed E-state index contributed by atoms with van der Waals surface area (Å²) in [5.74, 6) is 1.12. The fourth-order valence-electron chi connectivity index (χ4n) is 1.67. The highest BCUT2D eigenvalue weighted by Gasteiger charge is 2.03. The van der Waals surface area contributed by atoms with Crippen LogP contribution in [-0.2, 0) is 6.42 Å². The van der Waals surface area contributed by atoms with Crippen LogP contribution in [0, 0.1) is 6.07 Å². The van der Waals surface area contributed by atoms with Gasteiger partial charge in [-0.3, -0.25) is 0 Å². The van der Waals surface area contributed by atoms with Gasteiger partial charge in [-0.15, -0.1) is 0 Å². The van der Waals surface area contributed by atoms with Crippen molar-refractivity contribution in [3.8, 4) is 11.5 Å². The first kappa shape index (κ1) is 10.6. The van der Waals surface area contributed by atoms with Crippen LogP contribution in [0.3, 0.4) is 0 Å². The fourth-order valence-corrected chi connectivity index (χ4v) is 1.67. The monoisotopic (exact) mass is 213 g/mol. The largest absolute Gasteiger partial charge is 0.508 e. The Morgan fingerprint density at radius 2 is 2.19 bits per heavy atom. The molecule has 0 unspecified atom stereocenters. The van der Waals surface area contributed by atoms with Crippen LogP contribution in [0.2, 0.25) is 0 Å². The molecule has 81 valence electrons. The van der Waals surface area contributed by atoms with Gasteiger partial charge in [0.15, 0.2) is 0 Å². The Morgan fingerprint density at radius 1 is 1.31 bits per heavy atom. The highest BCUT2D eigenvalue weighted by molar-refractivity contribution is 5.38. The first-order valence-electron chi connectivity index (χ1n) is 5.10. The maximum atomic E-state index is 9.38. The molecular weight excluding hydrogens is 200 g/mol. The van der Waals surface area contributed by atoms with E-state index in [-0.39, 0.29) is 0 Å². The third-order valence-corrected chi connectivity index (χ3v) is 2.44. The number of phenols is 1. The molecule has 2 aromatic rings. The van der Waals surface area contributed by atoms with Crippen LogP contribution in [0.5, 0.6) is 11.5 Å². The summed E-state index contributed by atoms with van der Waals surface area (Å²) in [5.41, 5.74) is 2.15. The lowest BCUT2D eigenvalue weighted by atomic mass is 10.0. The van der Waals surface area contributed by atoms with Crippen LogP contribution < -0.4 is 4.74 Å². The number of methoxy groups -OCH3 is 1. The van der Waals surface area contributed by atoms with Gasteiger partial charge in [-0.05, 0) is 35.4 Å². The lowest BCUT2D eigenvalue weighted by molar-refractivity contribution is 0.410. The number of aromatic hydroxyl groups is 1. The van der Waals surface area contributed by atoms with Crippen LogP contribution >= 0.6 is 0 Å². The second kappa shape index (κ2) is 4.71. The second-order valence-electron chi connectivity index (χ2n) is 3.58. The molecule has 0 fully saturated rings. The van der Waals surface area contributed by atoms with Gasteiger partial charge in [0.1, 0.15) is 11.5 Å². The SMILES string of the molecule is COc1c[c]ccc1Cc1cccc(O)c1. The number of phenolic OH excluding ortho intramolecular Hbond substituents is 1. The molecule has 0 aromatic heterocycles. The van der Waals surface area contributed by atoms with Crippen molar-refractivity contribution >= 4 is 0 Å². The van der Waals surface area contributed by atoms with Crippen molar-refractivity contribution in [3.05, 3.63) is 59.7 Å². The minimum absolute atomic E-state index is 0.291. The molecular formula is C14H13O2. The minimum Gasteiger partial charge on any atom is -0.508 e. The van der Waals surface area contributed by atoms with Gasteiger partial charge in [0.05, 0.1) is 7.11 Å². The summed E-state index contributed by atoms with van der Waals surface area (Å²) >= 11 is 0. The Bertz CT molecular complexity index is 478. The van der Waals surface area contributed by atoms with E-state index in [0.717, 1.165) is 23.3 Å². The lowest BCUT2D eigenvalue weighted by Crippen LogP contribution is -1.93. The van der Waals surface area contributed by atoms with E-state index >= 15 is 0 Å². The molecule has 0 bridgehead atoms. The van der Waals surface area contributed by atoms with Crippen LogP contribution in [0.4, 0.5) is 0 Å². The van der Waals surface area contributed by atoms with E-state index in [1.807, 2.05) is 30.3 Å². The molecule has 2 heteroatoms. The van der Waals surface area contributed by atoms with Gasteiger partial charge in [-0.25, -0.2) is 0 Å². The molecule has 0 saturated heterocycles. The normalized spacial score (nSPS) is 10.1. The molecule has 2 nitrogen and oxygen atoms in total. The van der Waals surface area contributed by atoms with Crippen LogP contribution in [0.1, 0.15) is 11.1 Å². The fraction of sp³-hybridized carbons (Fsp3) is 0.143. The van der Waals surface area contributed by atoms with E-state index in [9.17, 15) is 5.11 Å². The van der Waals surface area contributed by atoms with Crippen LogP contribution in [-0.4, -0.2) is 12.2 Å². The van der Waals surface area contributed by atoms with Gasteiger partial charge in [-0.2, -0.15) is 0 Å². The Kier molecular flexibility index (Phi) is 3.10. The van der Waals surface area contributed by atoms with Crippen molar-refractivity contribution in [2.75, 3.05) is 7.11 Å². The number of hydrogen-bond acceptors (Lipinski definition) is 2. The standard InChI is InChI=1S/C14H13O2/c1-16-14-8-3-2-6-12(14)9-11-5-4-7-13(15)10-11/h2,4-8,10,15H,9H2,1H3. The van der Waals surface area contributed by atoms with Crippen molar-refractivity contribution in [2.24, 2.45) is 0 Å². The van der Waals surface area contributed by atoms with E-state index in [4.69, 9.17) is 4.74 Å². The topological polar surface area (TPSA) is 29.5 Å². The van der Waals surface area contributed by atoms with E-state index in [1.54, 1.807) is 19.2 Å². The second-order valence-corrected chi connectivity index (χ2v) is 3.58. The number of hydrogen-bond donors (Lipinski definition) is 1. The Balaban J connectivity index is 2.26. The molecule has 0 aliphatic heterocycles. The van der Waals surface area contributed by atoms with E-state index < -0.39 is 0 Å². The summed E-state index contributed by atoms with van der Waals surface area (Å²) in [4.78, 5) is 0. The summed E-state index contributed by atoms with van der Waals surface area (Å²) in [6.07, 6.45) is 0.742. The lowest BCUT2D eigenvalue weighted by Gasteiger charge is -2.07. The zero-order chi connectivity index (χ0) is 11.4. The highest BCUT2D eigenvalue weighted by atomic mass is 16.5. The highest BCUT2D eigenvalue weighted by Crippen LogP contribution is 2.22. The van der Waals surface area contributed by atoms with Crippen molar-refractivity contribution in [3.63, 3.8) is 0 Å². The molecule has 0 atom stereocenters. The maximum Gasteiger partial charge on any atom is 0.123 e. The van der Waals surface area contributed by atoms with E-state index in [1.165, 1.54) is 0 Å². The average molecular weight is 213 g/mol. The molecule has 2 rings (SSSR count). The van der Waals surface area contributed by atoms with Crippen LogP contribution in [0.15, 0.2) is 42.5 Å². The maximum absolute atomic E-state index is 9.38. The number of benzene rings is 2. The first-order chi connectivity index (χ1) is 7.79. The third kappa shape index (κ3) is 2.34. The molecule has 0 aliphatic carbocycles. The summed E-state index contributed by atoms with van der Waals surface area (Å²) in [6, 6.07) is 15.9. The summed E-state index contributed by atoms with van der Waals surface area (Å²) in [5, 5.41) is 9.38. The van der Waals surface area contributed by atoms with Gasteiger partial charge in [-0.1, -0.05) is 24.3 Å². The Morgan fingerprint density at radius 3 is 2.94 bits per heavy atom. The van der Waals surface area contributed by atoms with Gasteiger partial charge < -0.3 is 9.84 Å².